The van der Waals surface area contributed by atoms with E-state index in [1.54, 1.807) is 7.11 Å². The van der Waals surface area contributed by atoms with E-state index in [0.29, 0.717) is 0 Å². The van der Waals surface area contributed by atoms with Crippen molar-refractivity contribution in [1.29, 1.82) is 0 Å². The number of morpholine rings is 1. The van der Waals surface area contributed by atoms with Gasteiger partial charge < -0.3 is 14.2 Å². The summed E-state index contributed by atoms with van der Waals surface area (Å²) < 4.78 is 16.3. The standard InChI is InChI=1S/C14H21NO3/c1-16-13-5-2-3-6-14(13)18-10-4-7-15-8-11-17-12-9-15/h2-3,5-6H,4,7-12H2,1H3. The second kappa shape index (κ2) is 7.24. The molecule has 0 amide bonds. The van der Waals surface area contributed by atoms with Crippen molar-refractivity contribution in [3.05, 3.63) is 24.3 Å². The molecule has 1 aromatic carbocycles. The van der Waals surface area contributed by atoms with Crippen LogP contribution < -0.4 is 9.47 Å². The lowest BCUT2D eigenvalue weighted by molar-refractivity contribution is 0.0357. The molecule has 4 nitrogen and oxygen atoms in total. The number of benzene rings is 1. The molecule has 0 unspecified atom stereocenters. The number of ether oxygens (including phenoxy) is 3. The molecule has 0 atom stereocenters. The fourth-order valence-electron chi connectivity index (χ4n) is 2.03. The lowest BCUT2D eigenvalue weighted by atomic mass is 10.3. The first kappa shape index (κ1) is 13.2. The largest absolute Gasteiger partial charge is 0.493 e. The Morgan fingerprint density at radius 2 is 1.89 bits per heavy atom. The zero-order valence-corrected chi connectivity index (χ0v) is 10.9. The molecule has 100 valence electrons. The molecular formula is C14H21NO3. The van der Waals surface area contributed by atoms with Gasteiger partial charge in [0.2, 0.25) is 0 Å². The van der Waals surface area contributed by atoms with Crippen LogP contribution >= 0.6 is 0 Å². The molecule has 0 spiro atoms. The van der Waals surface area contributed by atoms with Crippen molar-refractivity contribution in [2.24, 2.45) is 0 Å². The lowest BCUT2D eigenvalue weighted by Gasteiger charge is -2.26. The van der Waals surface area contributed by atoms with Crippen LogP contribution in [0, 0.1) is 0 Å². The number of rotatable bonds is 6. The molecule has 0 saturated carbocycles. The lowest BCUT2D eigenvalue weighted by Crippen LogP contribution is -2.37. The minimum absolute atomic E-state index is 0.720. The SMILES string of the molecule is COc1ccccc1OCCCN1CCOCC1. The summed E-state index contributed by atoms with van der Waals surface area (Å²) in [5.41, 5.74) is 0. The van der Waals surface area contributed by atoms with Crippen LogP contribution in [0.4, 0.5) is 0 Å². The second-order valence-corrected chi connectivity index (χ2v) is 4.31. The molecule has 1 aliphatic heterocycles. The van der Waals surface area contributed by atoms with Crippen molar-refractivity contribution in [1.82, 2.24) is 4.90 Å². The Hall–Kier alpha value is -1.26. The fourth-order valence-corrected chi connectivity index (χ4v) is 2.03. The van der Waals surface area contributed by atoms with Crippen LogP contribution in [0.15, 0.2) is 24.3 Å². The summed E-state index contributed by atoms with van der Waals surface area (Å²) in [4.78, 5) is 2.41. The third-order valence-corrected chi connectivity index (χ3v) is 3.05. The maximum Gasteiger partial charge on any atom is 0.161 e. The number of hydrogen-bond donors (Lipinski definition) is 0. The first-order valence-electron chi connectivity index (χ1n) is 6.46. The van der Waals surface area contributed by atoms with Crippen molar-refractivity contribution >= 4 is 0 Å². The molecule has 1 aromatic rings. The van der Waals surface area contributed by atoms with Gasteiger partial charge in [-0.3, -0.25) is 4.90 Å². The number of para-hydroxylation sites is 2. The molecule has 4 heteroatoms. The maximum atomic E-state index is 5.74. The fraction of sp³-hybridized carbons (Fsp3) is 0.571. The zero-order valence-electron chi connectivity index (χ0n) is 10.9. The topological polar surface area (TPSA) is 30.9 Å². The molecule has 18 heavy (non-hydrogen) atoms. The first-order chi connectivity index (χ1) is 8.90. The molecule has 1 saturated heterocycles. The Kier molecular flexibility index (Phi) is 5.30. The molecule has 1 aliphatic rings. The van der Waals surface area contributed by atoms with Crippen LogP contribution in [0.25, 0.3) is 0 Å². The third kappa shape index (κ3) is 3.89. The van der Waals surface area contributed by atoms with Gasteiger partial charge in [0.1, 0.15) is 0 Å². The van der Waals surface area contributed by atoms with Gasteiger partial charge in [0.05, 0.1) is 26.9 Å². The van der Waals surface area contributed by atoms with Crippen molar-refractivity contribution < 1.29 is 14.2 Å². The molecule has 1 heterocycles. The summed E-state index contributed by atoms with van der Waals surface area (Å²) in [7, 11) is 1.66. The van der Waals surface area contributed by atoms with Crippen LogP contribution in [0.5, 0.6) is 11.5 Å². The minimum atomic E-state index is 0.720. The quantitative estimate of drug-likeness (QED) is 0.721. The molecule has 0 aromatic heterocycles. The van der Waals surface area contributed by atoms with E-state index < -0.39 is 0 Å². The van der Waals surface area contributed by atoms with Crippen LogP contribution in [0.1, 0.15) is 6.42 Å². The predicted molar refractivity (Wildman–Crippen MR) is 70.4 cm³/mol. The summed E-state index contributed by atoms with van der Waals surface area (Å²) in [5, 5.41) is 0. The highest BCUT2D eigenvalue weighted by Crippen LogP contribution is 2.25. The van der Waals surface area contributed by atoms with Gasteiger partial charge in [-0.05, 0) is 18.6 Å². The van der Waals surface area contributed by atoms with E-state index in [9.17, 15) is 0 Å². The highest BCUT2D eigenvalue weighted by atomic mass is 16.5. The molecule has 0 N–H and O–H groups in total. The Morgan fingerprint density at radius 3 is 2.61 bits per heavy atom. The van der Waals surface area contributed by atoms with Crippen molar-refractivity contribution in [3.63, 3.8) is 0 Å². The smallest absolute Gasteiger partial charge is 0.161 e. The van der Waals surface area contributed by atoms with Gasteiger partial charge in [0.15, 0.2) is 11.5 Å². The highest BCUT2D eigenvalue weighted by molar-refractivity contribution is 5.39. The molecule has 1 fully saturated rings. The number of methoxy groups -OCH3 is 1. The van der Waals surface area contributed by atoms with E-state index in [-0.39, 0.29) is 0 Å². The van der Waals surface area contributed by atoms with Crippen LogP contribution in [0.3, 0.4) is 0 Å². The first-order valence-corrected chi connectivity index (χ1v) is 6.46. The minimum Gasteiger partial charge on any atom is -0.493 e. The predicted octanol–water partition coefficient (Wildman–Crippen LogP) is 1.80. The summed E-state index contributed by atoms with van der Waals surface area (Å²) in [6, 6.07) is 7.75. The molecule has 2 rings (SSSR count). The van der Waals surface area contributed by atoms with Gasteiger partial charge in [-0.2, -0.15) is 0 Å². The molecular weight excluding hydrogens is 230 g/mol. The molecule has 0 radical (unpaired) electrons. The monoisotopic (exact) mass is 251 g/mol. The van der Waals surface area contributed by atoms with Gasteiger partial charge in [-0.1, -0.05) is 12.1 Å². The average Bonchev–Trinajstić information content (AvgIpc) is 2.45. The zero-order chi connectivity index (χ0) is 12.6. The van der Waals surface area contributed by atoms with Crippen molar-refractivity contribution in [3.8, 4) is 11.5 Å². The summed E-state index contributed by atoms with van der Waals surface area (Å²) in [5.74, 6) is 1.62. The average molecular weight is 251 g/mol. The van der Waals surface area contributed by atoms with Crippen LogP contribution in [-0.2, 0) is 4.74 Å². The van der Waals surface area contributed by atoms with Gasteiger partial charge in [0.25, 0.3) is 0 Å². The summed E-state index contributed by atoms with van der Waals surface area (Å²) in [6.45, 7) is 5.57. The Morgan fingerprint density at radius 1 is 1.17 bits per heavy atom. The van der Waals surface area contributed by atoms with E-state index in [2.05, 4.69) is 4.90 Å². The summed E-state index contributed by atoms with van der Waals surface area (Å²) >= 11 is 0. The van der Waals surface area contributed by atoms with Gasteiger partial charge in [-0.15, -0.1) is 0 Å². The van der Waals surface area contributed by atoms with Crippen molar-refractivity contribution in [2.75, 3.05) is 46.6 Å². The third-order valence-electron chi connectivity index (χ3n) is 3.05. The van der Waals surface area contributed by atoms with Crippen LogP contribution in [-0.4, -0.2) is 51.5 Å². The molecule has 0 aliphatic carbocycles. The number of hydrogen-bond acceptors (Lipinski definition) is 4. The Bertz CT molecular complexity index is 351. The normalized spacial score (nSPS) is 16.5. The Labute approximate surface area is 108 Å². The number of nitrogens with zero attached hydrogens (tertiary/aromatic N) is 1. The summed E-state index contributed by atoms with van der Waals surface area (Å²) in [6.07, 6.45) is 1.03. The van der Waals surface area contributed by atoms with Crippen molar-refractivity contribution in [2.45, 2.75) is 6.42 Å². The van der Waals surface area contributed by atoms with Crippen LogP contribution in [0.2, 0.25) is 0 Å². The van der Waals surface area contributed by atoms with E-state index in [1.807, 2.05) is 24.3 Å². The molecule has 0 bridgehead atoms. The Balaban J connectivity index is 1.68. The van der Waals surface area contributed by atoms with Gasteiger partial charge >= 0.3 is 0 Å². The van der Waals surface area contributed by atoms with E-state index in [1.165, 1.54) is 0 Å². The van der Waals surface area contributed by atoms with E-state index >= 15 is 0 Å². The van der Waals surface area contributed by atoms with E-state index in [4.69, 9.17) is 14.2 Å². The highest BCUT2D eigenvalue weighted by Gasteiger charge is 2.09. The second-order valence-electron chi connectivity index (χ2n) is 4.31. The van der Waals surface area contributed by atoms with Gasteiger partial charge in [-0.25, -0.2) is 0 Å². The maximum absolute atomic E-state index is 5.74. The van der Waals surface area contributed by atoms with Gasteiger partial charge in [0, 0.05) is 19.6 Å². The van der Waals surface area contributed by atoms with E-state index in [0.717, 1.165) is 57.4 Å².